The lowest BCUT2D eigenvalue weighted by atomic mass is 10.0. The monoisotopic (exact) mass is 339 g/mol. The summed E-state index contributed by atoms with van der Waals surface area (Å²) in [7, 11) is 0. The first-order chi connectivity index (χ1) is 11.3. The van der Waals surface area contributed by atoms with Crippen LogP contribution in [0, 0.1) is 0 Å². The van der Waals surface area contributed by atoms with Gasteiger partial charge in [-0.3, -0.25) is 4.79 Å². The highest BCUT2D eigenvalue weighted by molar-refractivity contribution is 5.67. The average Bonchev–Trinajstić information content (AvgIpc) is 2.51. The van der Waals surface area contributed by atoms with Gasteiger partial charge < -0.3 is 5.11 Å². The first kappa shape index (κ1) is 17.8. The maximum atomic E-state index is 12.5. The third-order valence-electron chi connectivity index (χ3n) is 3.65. The Morgan fingerprint density at radius 1 is 1.00 bits per heavy atom. The number of rotatable bonds is 5. The zero-order valence-electron chi connectivity index (χ0n) is 12.7. The number of aryl methyl sites for hydroxylation is 2. The Morgan fingerprint density at radius 2 is 1.58 bits per heavy atom. The molecule has 0 aliphatic carbocycles. The fraction of sp³-hybridized carbons (Fsp3) is 0.294. The Labute approximate surface area is 136 Å². The molecule has 0 radical (unpaired) electrons. The van der Waals surface area contributed by atoms with Gasteiger partial charge in [-0.2, -0.15) is 13.2 Å². The highest BCUT2D eigenvalue weighted by Crippen LogP contribution is 2.29. The van der Waals surface area contributed by atoms with E-state index in [2.05, 4.69) is 0 Å². The van der Waals surface area contributed by atoms with Crippen molar-refractivity contribution in [3.05, 3.63) is 69.6 Å². The van der Waals surface area contributed by atoms with Crippen LogP contribution in [0.1, 0.15) is 29.5 Å². The van der Waals surface area contributed by atoms with E-state index in [0.717, 1.165) is 36.1 Å². The summed E-state index contributed by atoms with van der Waals surface area (Å²) in [5.41, 5.74) is 0.308. The summed E-state index contributed by atoms with van der Waals surface area (Å²) in [5, 5.41) is 8.76. The Hall–Kier alpha value is -2.57. The van der Waals surface area contributed by atoms with E-state index in [1.165, 1.54) is 24.4 Å². The summed E-state index contributed by atoms with van der Waals surface area (Å²) in [5.74, 6) is 0. The molecule has 0 saturated carbocycles. The molecule has 0 amide bonds. The first-order valence-corrected chi connectivity index (χ1v) is 7.38. The van der Waals surface area contributed by atoms with Gasteiger partial charge in [-0.1, -0.05) is 12.1 Å². The Bertz CT molecular complexity index is 764. The molecule has 2 aromatic rings. The Morgan fingerprint density at radius 3 is 2.08 bits per heavy atom. The van der Waals surface area contributed by atoms with Crippen molar-refractivity contribution in [2.45, 2.75) is 31.9 Å². The molecule has 4 nitrogen and oxygen atoms in total. The molecule has 0 bridgehead atoms. The standard InChI is InChI=1S/C17H16F3NO3/c18-17(19,20)14-7-5-12(6-8-14)3-1-2-4-13-9-10-21(16(23)24)15(22)11-13/h5-11H,1-4H2,(H,23,24). The molecule has 2 rings (SSSR count). The van der Waals surface area contributed by atoms with E-state index in [9.17, 15) is 22.8 Å². The summed E-state index contributed by atoms with van der Waals surface area (Å²) in [4.78, 5) is 22.3. The van der Waals surface area contributed by atoms with Crippen molar-refractivity contribution in [2.75, 3.05) is 0 Å². The van der Waals surface area contributed by atoms with Crippen molar-refractivity contribution >= 4 is 6.09 Å². The summed E-state index contributed by atoms with van der Waals surface area (Å²) >= 11 is 0. The van der Waals surface area contributed by atoms with Gasteiger partial charge in [0, 0.05) is 12.3 Å². The van der Waals surface area contributed by atoms with Gasteiger partial charge in [-0.05, 0) is 55.0 Å². The second kappa shape index (κ2) is 7.33. The Kier molecular flexibility index (Phi) is 5.43. The molecule has 1 heterocycles. The molecule has 1 N–H and O–H groups in total. The third-order valence-corrected chi connectivity index (χ3v) is 3.65. The number of pyridine rings is 1. The van der Waals surface area contributed by atoms with Crippen LogP contribution in [-0.4, -0.2) is 15.8 Å². The molecule has 0 unspecified atom stereocenters. The molecular weight excluding hydrogens is 323 g/mol. The number of nitrogens with zero attached hydrogens (tertiary/aromatic N) is 1. The summed E-state index contributed by atoms with van der Waals surface area (Å²) in [6.45, 7) is 0. The lowest BCUT2D eigenvalue weighted by Crippen LogP contribution is -2.24. The summed E-state index contributed by atoms with van der Waals surface area (Å²) in [6.07, 6.45) is -1.68. The number of carboxylic acid groups (broad SMARTS) is 1. The zero-order chi connectivity index (χ0) is 17.7. The van der Waals surface area contributed by atoms with Gasteiger partial charge in [0.25, 0.3) is 5.56 Å². The van der Waals surface area contributed by atoms with Crippen LogP contribution >= 0.6 is 0 Å². The second-order valence-electron chi connectivity index (χ2n) is 5.43. The molecule has 0 spiro atoms. The SMILES string of the molecule is O=C(O)n1ccc(CCCCc2ccc(C(F)(F)F)cc2)cc1=O. The Balaban J connectivity index is 1.84. The van der Waals surface area contributed by atoms with Gasteiger partial charge in [-0.15, -0.1) is 0 Å². The van der Waals surface area contributed by atoms with Crippen LogP contribution in [0.15, 0.2) is 47.4 Å². The smallest absolute Gasteiger partial charge is 0.418 e. The lowest BCUT2D eigenvalue weighted by molar-refractivity contribution is -0.137. The topological polar surface area (TPSA) is 59.3 Å². The molecule has 0 aliphatic heterocycles. The summed E-state index contributed by atoms with van der Waals surface area (Å²) < 4.78 is 38.0. The van der Waals surface area contributed by atoms with E-state index in [1.54, 1.807) is 6.07 Å². The van der Waals surface area contributed by atoms with Gasteiger partial charge in [0.05, 0.1) is 5.56 Å². The minimum atomic E-state index is -4.32. The van der Waals surface area contributed by atoms with Crippen LogP contribution in [0.25, 0.3) is 0 Å². The quantitative estimate of drug-likeness (QED) is 0.839. The number of benzene rings is 1. The molecule has 1 aromatic heterocycles. The van der Waals surface area contributed by atoms with Gasteiger partial charge in [0.2, 0.25) is 0 Å². The minimum Gasteiger partial charge on any atom is -0.464 e. The van der Waals surface area contributed by atoms with Crippen LogP contribution in [0.3, 0.4) is 0 Å². The van der Waals surface area contributed by atoms with Gasteiger partial charge in [0.15, 0.2) is 0 Å². The first-order valence-electron chi connectivity index (χ1n) is 7.38. The van der Waals surface area contributed by atoms with E-state index >= 15 is 0 Å². The molecule has 1 aromatic carbocycles. The normalized spacial score (nSPS) is 11.5. The minimum absolute atomic E-state index is 0.595. The number of unbranched alkanes of at least 4 members (excludes halogenated alkanes) is 1. The van der Waals surface area contributed by atoms with Crippen molar-refractivity contribution in [2.24, 2.45) is 0 Å². The van der Waals surface area contributed by atoms with Gasteiger partial charge in [-0.25, -0.2) is 9.36 Å². The number of hydrogen-bond donors (Lipinski definition) is 1. The maximum absolute atomic E-state index is 12.5. The molecule has 0 saturated heterocycles. The molecule has 24 heavy (non-hydrogen) atoms. The number of halogens is 3. The predicted molar refractivity (Wildman–Crippen MR) is 82.2 cm³/mol. The van der Waals surface area contributed by atoms with Crippen LogP contribution in [-0.2, 0) is 19.0 Å². The lowest BCUT2D eigenvalue weighted by Gasteiger charge is -2.07. The molecule has 0 aliphatic rings. The molecule has 0 fully saturated rings. The van der Waals surface area contributed by atoms with E-state index in [0.29, 0.717) is 17.4 Å². The van der Waals surface area contributed by atoms with E-state index in [4.69, 9.17) is 5.11 Å². The fourth-order valence-electron chi connectivity index (χ4n) is 2.35. The van der Waals surface area contributed by atoms with E-state index < -0.39 is 23.4 Å². The third kappa shape index (κ3) is 4.71. The molecule has 7 heteroatoms. The summed E-state index contributed by atoms with van der Waals surface area (Å²) in [6, 6.07) is 7.94. The van der Waals surface area contributed by atoms with Crippen LogP contribution < -0.4 is 5.56 Å². The highest BCUT2D eigenvalue weighted by Gasteiger charge is 2.29. The number of hydrogen-bond acceptors (Lipinski definition) is 2. The molecular formula is C17H16F3NO3. The largest absolute Gasteiger partial charge is 0.464 e. The van der Waals surface area contributed by atoms with Crippen molar-refractivity contribution in [1.29, 1.82) is 0 Å². The highest BCUT2D eigenvalue weighted by atomic mass is 19.4. The maximum Gasteiger partial charge on any atom is 0.418 e. The van der Waals surface area contributed by atoms with E-state index in [-0.39, 0.29) is 0 Å². The number of alkyl halides is 3. The van der Waals surface area contributed by atoms with Crippen LogP contribution in [0.5, 0.6) is 0 Å². The van der Waals surface area contributed by atoms with Crippen molar-refractivity contribution in [1.82, 2.24) is 4.57 Å². The van der Waals surface area contributed by atoms with E-state index in [1.807, 2.05) is 0 Å². The van der Waals surface area contributed by atoms with Crippen LogP contribution in [0.4, 0.5) is 18.0 Å². The number of aromatic nitrogens is 1. The number of carbonyl (C=O) groups is 1. The molecule has 0 atom stereocenters. The molecule has 128 valence electrons. The van der Waals surface area contributed by atoms with Crippen molar-refractivity contribution < 1.29 is 23.1 Å². The second-order valence-corrected chi connectivity index (χ2v) is 5.43. The predicted octanol–water partition coefficient (Wildman–Crippen LogP) is 3.96. The average molecular weight is 339 g/mol. The van der Waals surface area contributed by atoms with Crippen molar-refractivity contribution in [3.63, 3.8) is 0 Å². The van der Waals surface area contributed by atoms with Crippen LogP contribution in [0.2, 0.25) is 0 Å². The fourth-order valence-corrected chi connectivity index (χ4v) is 2.35. The van der Waals surface area contributed by atoms with Gasteiger partial charge in [0.1, 0.15) is 0 Å². The van der Waals surface area contributed by atoms with Gasteiger partial charge >= 0.3 is 12.3 Å². The van der Waals surface area contributed by atoms with Crippen molar-refractivity contribution in [3.8, 4) is 0 Å². The zero-order valence-corrected chi connectivity index (χ0v) is 12.7.